The number of nitrogens with zero attached hydrogens (tertiary/aromatic N) is 2. The Morgan fingerprint density at radius 1 is 1.13 bits per heavy atom. The molecule has 3 rings (SSSR count). The summed E-state index contributed by atoms with van der Waals surface area (Å²) in [6.07, 6.45) is 1.71. The number of nitriles is 1. The highest BCUT2D eigenvalue weighted by Gasteiger charge is 2.08. The third kappa shape index (κ3) is 3.73. The maximum atomic E-state index is 12.3. The molecule has 23 heavy (non-hydrogen) atoms. The fourth-order valence-corrected chi connectivity index (χ4v) is 2.57. The normalized spacial score (nSPS) is 9.87. The number of thiazole rings is 1. The van der Waals surface area contributed by atoms with Crippen molar-refractivity contribution >= 4 is 33.8 Å². The largest absolute Gasteiger partial charge is 0.332 e. The Hall–Kier alpha value is -3.17. The van der Waals surface area contributed by atoms with Gasteiger partial charge < -0.3 is 10.6 Å². The zero-order valence-electron chi connectivity index (χ0n) is 12.0. The first-order valence-corrected chi connectivity index (χ1v) is 7.71. The molecule has 0 unspecified atom stereocenters. The third-order valence-electron chi connectivity index (χ3n) is 3.06. The van der Waals surface area contributed by atoms with Crippen molar-refractivity contribution in [2.75, 3.05) is 10.6 Å². The smallest absolute Gasteiger partial charge is 0.255 e. The molecule has 1 amide bonds. The van der Waals surface area contributed by atoms with Crippen LogP contribution in [-0.2, 0) is 0 Å². The highest BCUT2D eigenvalue weighted by molar-refractivity contribution is 7.13. The van der Waals surface area contributed by atoms with Crippen LogP contribution in [0.1, 0.15) is 15.9 Å². The van der Waals surface area contributed by atoms with Crippen molar-refractivity contribution in [1.82, 2.24) is 4.98 Å². The molecular weight excluding hydrogens is 308 g/mol. The summed E-state index contributed by atoms with van der Waals surface area (Å²) in [5.41, 5.74) is 2.40. The van der Waals surface area contributed by atoms with Crippen LogP contribution in [0.25, 0.3) is 0 Å². The molecule has 2 aromatic carbocycles. The second-order valence-corrected chi connectivity index (χ2v) is 5.58. The van der Waals surface area contributed by atoms with Crippen molar-refractivity contribution in [1.29, 1.82) is 5.26 Å². The lowest BCUT2D eigenvalue weighted by Gasteiger charge is -2.08. The number of benzene rings is 2. The van der Waals surface area contributed by atoms with Gasteiger partial charge in [0.25, 0.3) is 5.91 Å². The van der Waals surface area contributed by atoms with Crippen LogP contribution in [0.15, 0.2) is 60.1 Å². The van der Waals surface area contributed by atoms with Crippen LogP contribution in [-0.4, -0.2) is 10.9 Å². The summed E-state index contributed by atoms with van der Waals surface area (Å²) in [5, 5.41) is 17.5. The molecule has 0 atom stereocenters. The number of anilines is 3. The SMILES string of the molecule is N#Cc1cccc(NC(=O)c2cccc(Nc3nccs3)c2)c1. The first kappa shape index (κ1) is 14.8. The molecule has 0 radical (unpaired) electrons. The molecule has 0 spiro atoms. The van der Waals surface area contributed by atoms with E-state index in [1.165, 1.54) is 11.3 Å². The minimum Gasteiger partial charge on any atom is -0.332 e. The lowest BCUT2D eigenvalue weighted by molar-refractivity contribution is 0.102. The molecule has 0 saturated carbocycles. The van der Waals surface area contributed by atoms with Crippen LogP contribution in [0.4, 0.5) is 16.5 Å². The Morgan fingerprint density at radius 3 is 2.74 bits per heavy atom. The van der Waals surface area contributed by atoms with Gasteiger partial charge in [-0.15, -0.1) is 11.3 Å². The number of rotatable bonds is 4. The molecular formula is C17H12N4OS. The lowest BCUT2D eigenvalue weighted by Crippen LogP contribution is -2.12. The summed E-state index contributed by atoms with van der Waals surface area (Å²) >= 11 is 1.49. The molecule has 5 nitrogen and oxygen atoms in total. The van der Waals surface area contributed by atoms with Gasteiger partial charge in [0.1, 0.15) is 0 Å². The summed E-state index contributed by atoms with van der Waals surface area (Å²) in [5.74, 6) is -0.233. The molecule has 0 saturated heterocycles. The van der Waals surface area contributed by atoms with Gasteiger partial charge in [0.15, 0.2) is 5.13 Å². The van der Waals surface area contributed by atoms with Gasteiger partial charge in [0, 0.05) is 28.5 Å². The van der Waals surface area contributed by atoms with Crippen molar-refractivity contribution in [3.05, 3.63) is 71.2 Å². The number of carbonyl (C=O) groups is 1. The number of carbonyl (C=O) groups excluding carboxylic acids is 1. The molecule has 0 bridgehead atoms. The number of aromatic nitrogens is 1. The quantitative estimate of drug-likeness (QED) is 0.761. The Balaban J connectivity index is 1.75. The first-order chi connectivity index (χ1) is 11.2. The predicted molar refractivity (Wildman–Crippen MR) is 90.9 cm³/mol. The molecule has 0 fully saturated rings. The summed E-state index contributed by atoms with van der Waals surface area (Å²) in [4.78, 5) is 16.5. The second-order valence-electron chi connectivity index (χ2n) is 4.69. The minimum absolute atomic E-state index is 0.233. The number of hydrogen-bond acceptors (Lipinski definition) is 5. The molecule has 0 aliphatic rings. The van der Waals surface area contributed by atoms with Gasteiger partial charge >= 0.3 is 0 Å². The molecule has 0 aliphatic heterocycles. The topological polar surface area (TPSA) is 77.8 Å². The van der Waals surface area contributed by atoms with E-state index in [4.69, 9.17) is 5.26 Å². The van der Waals surface area contributed by atoms with E-state index in [0.717, 1.165) is 10.8 Å². The van der Waals surface area contributed by atoms with E-state index < -0.39 is 0 Å². The summed E-state index contributed by atoms with van der Waals surface area (Å²) in [7, 11) is 0. The molecule has 0 aliphatic carbocycles. The Morgan fingerprint density at radius 2 is 1.96 bits per heavy atom. The molecule has 1 aromatic heterocycles. The van der Waals surface area contributed by atoms with Crippen molar-refractivity contribution in [3.63, 3.8) is 0 Å². The number of hydrogen-bond donors (Lipinski definition) is 2. The van der Waals surface area contributed by atoms with Gasteiger partial charge in [0.2, 0.25) is 0 Å². The minimum atomic E-state index is -0.233. The van der Waals surface area contributed by atoms with E-state index in [2.05, 4.69) is 15.6 Å². The van der Waals surface area contributed by atoms with Crippen molar-refractivity contribution < 1.29 is 4.79 Å². The third-order valence-corrected chi connectivity index (χ3v) is 3.75. The predicted octanol–water partition coefficient (Wildman–Crippen LogP) is 4.01. The zero-order valence-corrected chi connectivity index (χ0v) is 12.8. The van der Waals surface area contributed by atoms with Crippen molar-refractivity contribution in [2.45, 2.75) is 0 Å². The van der Waals surface area contributed by atoms with Gasteiger partial charge in [0.05, 0.1) is 11.6 Å². The number of nitrogens with one attached hydrogen (secondary N) is 2. The first-order valence-electron chi connectivity index (χ1n) is 6.83. The van der Waals surface area contributed by atoms with Crippen molar-refractivity contribution in [3.8, 4) is 6.07 Å². The highest BCUT2D eigenvalue weighted by Crippen LogP contribution is 2.20. The molecule has 3 aromatic rings. The van der Waals surface area contributed by atoms with Crippen LogP contribution < -0.4 is 10.6 Å². The second kappa shape index (κ2) is 6.73. The summed E-state index contributed by atoms with van der Waals surface area (Å²) in [6.45, 7) is 0. The van der Waals surface area contributed by atoms with Gasteiger partial charge in [-0.1, -0.05) is 12.1 Å². The van der Waals surface area contributed by atoms with E-state index in [-0.39, 0.29) is 5.91 Å². The average Bonchev–Trinajstić information content (AvgIpc) is 3.08. The van der Waals surface area contributed by atoms with Crippen LogP contribution in [0.3, 0.4) is 0 Å². The van der Waals surface area contributed by atoms with Crippen LogP contribution in [0.2, 0.25) is 0 Å². The van der Waals surface area contributed by atoms with Gasteiger partial charge in [-0.3, -0.25) is 4.79 Å². The Bertz CT molecular complexity index is 868. The maximum Gasteiger partial charge on any atom is 0.255 e. The fourth-order valence-electron chi connectivity index (χ4n) is 2.02. The molecule has 6 heteroatoms. The maximum absolute atomic E-state index is 12.3. The Kier molecular flexibility index (Phi) is 4.32. The van der Waals surface area contributed by atoms with E-state index in [1.54, 1.807) is 48.7 Å². The Labute approximate surface area is 137 Å². The standard InChI is InChI=1S/C17H12N4OS/c18-11-12-3-1-5-14(9-12)20-16(22)13-4-2-6-15(10-13)21-17-19-7-8-23-17/h1-10H,(H,19,21)(H,20,22). The monoisotopic (exact) mass is 320 g/mol. The highest BCUT2D eigenvalue weighted by atomic mass is 32.1. The van der Waals surface area contributed by atoms with Gasteiger partial charge in [-0.05, 0) is 36.4 Å². The molecule has 1 heterocycles. The fraction of sp³-hybridized carbons (Fsp3) is 0. The van der Waals surface area contributed by atoms with Crippen molar-refractivity contribution in [2.24, 2.45) is 0 Å². The molecule has 112 valence electrons. The van der Waals surface area contributed by atoms with Crippen LogP contribution in [0.5, 0.6) is 0 Å². The zero-order chi connectivity index (χ0) is 16.1. The summed E-state index contributed by atoms with van der Waals surface area (Å²) in [6, 6.07) is 16.0. The van der Waals surface area contributed by atoms with Crippen LogP contribution >= 0.6 is 11.3 Å². The van der Waals surface area contributed by atoms with E-state index in [9.17, 15) is 4.79 Å². The van der Waals surface area contributed by atoms with Gasteiger partial charge in [-0.2, -0.15) is 5.26 Å². The van der Waals surface area contributed by atoms with E-state index >= 15 is 0 Å². The number of amides is 1. The lowest BCUT2D eigenvalue weighted by atomic mass is 10.1. The van der Waals surface area contributed by atoms with E-state index in [1.807, 2.05) is 17.5 Å². The summed E-state index contributed by atoms with van der Waals surface area (Å²) < 4.78 is 0. The van der Waals surface area contributed by atoms with Crippen LogP contribution in [0, 0.1) is 11.3 Å². The average molecular weight is 320 g/mol. The van der Waals surface area contributed by atoms with Gasteiger partial charge in [-0.25, -0.2) is 4.98 Å². The molecule has 2 N–H and O–H groups in total. The van der Waals surface area contributed by atoms with E-state index in [0.29, 0.717) is 16.8 Å².